The Hall–Kier alpha value is -3.15. The average Bonchev–Trinajstić information content (AvgIpc) is 2.98. The zero-order chi connectivity index (χ0) is 20.1. The SMILES string of the molecule is Cc1cc(C)n(C[C@@H](C)NC(=O)c2cccc(NCc3cccnc3)c2C)n1. The van der Waals surface area contributed by atoms with E-state index in [9.17, 15) is 4.79 Å². The third-order valence-electron chi connectivity index (χ3n) is 4.71. The molecule has 1 aromatic carbocycles. The summed E-state index contributed by atoms with van der Waals surface area (Å²) in [6.07, 6.45) is 3.59. The summed E-state index contributed by atoms with van der Waals surface area (Å²) in [7, 11) is 0. The first-order chi connectivity index (χ1) is 13.4. The minimum absolute atomic E-state index is 0.0306. The number of pyridine rings is 1. The van der Waals surface area contributed by atoms with Crippen molar-refractivity contribution < 1.29 is 4.79 Å². The third kappa shape index (κ3) is 4.76. The molecule has 0 spiro atoms. The molecule has 0 bridgehead atoms. The molecule has 0 saturated heterocycles. The molecule has 0 radical (unpaired) electrons. The minimum atomic E-state index is -0.0726. The van der Waals surface area contributed by atoms with Gasteiger partial charge < -0.3 is 10.6 Å². The lowest BCUT2D eigenvalue weighted by molar-refractivity contribution is 0.0935. The Morgan fingerprint density at radius 3 is 2.68 bits per heavy atom. The normalized spacial score (nSPS) is 11.9. The molecule has 1 amide bonds. The van der Waals surface area contributed by atoms with Crippen LogP contribution < -0.4 is 10.6 Å². The summed E-state index contributed by atoms with van der Waals surface area (Å²) in [5.74, 6) is -0.0726. The van der Waals surface area contributed by atoms with Crippen molar-refractivity contribution in [3.8, 4) is 0 Å². The number of carbonyl (C=O) groups is 1. The first kappa shape index (κ1) is 19.6. The smallest absolute Gasteiger partial charge is 0.251 e. The van der Waals surface area contributed by atoms with E-state index in [0.29, 0.717) is 18.7 Å². The van der Waals surface area contributed by atoms with E-state index in [2.05, 4.69) is 20.7 Å². The number of carbonyl (C=O) groups excluding carboxylic acids is 1. The number of nitrogens with one attached hydrogen (secondary N) is 2. The van der Waals surface area contributed by atoms with Crippen LogP contribution in [0, 0.1) is 20.8 Å². The van der Waals surface area contributed by atoms with Gasteiger partial charge in [0.25, 0.3) is 5.91 Å². The van der Waals surface area contributed by atoms with Crippen LogP contribution in [0.3, 0.4) is 0 Å². The third-order valence-corrected chi connectivity index (χ3v) is 4.71. The Kier molecular flexibility index (Phi) is 6.09. The molecule has 0 aliphatic rings. The van der Waals surface area contributed by atoms with E-state index in [1.54, 1.807) is 6.20 Å². The zero-order valence-corrected chi connectivity index (χ0v) is 16.9. The van der Waals surface area contributed by atoms with Crippen LogP contribution in [0.1, 0.15) is 39.8 Å². The van der Waals surface area contributed by atoms with Gasteiger partial charge in [-0.2, -0.15) is 5.10 Å². The molecule has 28 heavy (non-hydrogen) atoms. The number of hydrogen-bond donors (Lipinski definition) is 2. The molecular formula is C22H27N5O. The summed E-state index contributed by atoms with van der Waals surface area (Å²) < 4.78 is 1.93. The van der Waals surface area contributed by atoms with Crippen molar-refractivity contribution in [2.45, 2.75) is 46.8 Å². The van der Waals surface area contributed by atoms with Crippen molar-refractivity contribution in [2.75, 3.05) is 5.32 Å². The maximum absolute atomic E-state index is 12.8. The monoisotopic (exact) mass is 377 g/mol. The predicted molar refractivity (Wildman–Crippen MR) is 111 cm³/mol. The van der Waals surface area contributed by atoms with E-state index in [0.717, 1.165) is 28.2 Å². The van der Waals surface area contributed by atoms with E-state index in [1.165, 1.54) is 0 Å². The Balaban J connectivity index is 1.65. The van der Waals surface area contributed by atoms with Crippen LogP contribution in [-0.2, 0) is 13.1 Å². The second-order valence-corrected chi connectivity index (χ2v) is 7.18. The van der Waals surface area contributed by atoms with Gasteiger partial charge in [-0.25, -0.2) is 0 Å². The lowest BCUT2D eigenvalue weighted by atomic mass is 10.1. The Morgan fingerprint density at radius 1 is 1.18 bits per heavy atom. The van der Waals surface area contributed by atoms with Crippen molar-refractivity contribution in [2.24, 2.45) is 0 Å². The van der Waals surface area contributed by atoms with Gasteiger partial charge in [0.2, 0.25) is 0 Å². The molecule has 1 atom stereocenters. The van der Waals surface area contributed by atoms with E-state index in [4.69, 9.17) is 0 Å². The maximum Gasteiger partial charge on any atom is 0.251 e. The van der Waals surface area contributed by atoms with Gasteiger partial charge in [-0.05, 0) is 63.1 Å². The highest BCUT2D eigenvalue weighted by atomic mass is 16.1. The molecule has 0 fully saturated rings. The molecule has 6 nitrogen and oxygen atoms in total. The van der Waals surface area contributed by atoms with Crippen LogP contribution in [0.15, 0.2) is 48.8 Å². The fourth-order valence-corrected chi connectivity index (χ4v) is 3.24. The lowest BCUT2D eigenvalue weighted by Gasteiger charge is -2.17. The van der Waals surface area contributed by atoms with Gasteiger partial charge in [-0.1, -0.05) is 12.1 Å². The molecule has 0 aliphatic heterocycles. The highest BCUT2D eigenvalue weighted by Gasteiger charge is 2.15. The lowest BCUT2D eigenvalue weighted by Crippen LogP contribution is -2.36. The molecule has 146 valence electrons. The molecule has 2 heterocycles. The summed E-state index contributed by atoms with van der Waals surface area (Å²) in [6, 6.07) is 11.7. The van der Waals surface area contributed by atoms with Gasteiger partial charge in [0.1, 0.15) is 0 Å². The van der Waals surface area contributed by atoms with E-state index in [1.807, 2.05) is 75.0 Å². The number of amides is 1. The van der Waals surface area contributed by atoms with Gasteiger partial charge in [0, 0.05) is 41.9 Å². The minimum Gasteiger partial charge on any atom is -0.381 e. The standard InChI is InChI=1S/C22H27N5O/c1-15-11-17(3)27(26-15)14-16(2)25-22(28)20-8-5-9-21(18(20)4)24-13-19-7-6-10-23-12-19/h5-12,16,24H,13-14H2,1-4H3,(H,25,28)/t16-/m1/s1. The fourth-order valence-electron chi connectivity index (χ4n) is 3.24. The zero-order valence-electron chi connectivity index (χ0n) is 16.9. The molecule has 2 N–H and O–H groups in total. The van der Waals surface area contributed by atoms with Crippen molar-refractivity contribution >= 4 is 11.6 Å². The maximum atomic E-state index is 12.8. The Bertz CT molecular complexity index is 949. The second-order valence-electron chi connectivity index (χ2n) is 7.18. The highest BCUT2D eigenvalue weighted by Crippen LogP contribution is 2.20. The molecule has 3 aromatic rings. The van der Waals surface area contributed by atoms with Crippen LogP contribution in [0.5, 0.6) is 0 Å². The van der Waals surface area contributed by atoms with Gasteiger partial charge in [0.15, 0.2) is 0 Å². The summed E-state index contributed by atoms with van der Waals surface area (Å²) >= 11 is 0. The molecule has 0 saturated carbocycles. The number of aryl methyl sites for hydroxylation is 2. The number of rotatable bonds is 7. The van der Waals surface area contributed by atoms with Crippen molar-refractivity contribution in [1.82, 2.24) is 20.1 Å². The Labute approximate surface area is 166 Å². The van der Waals surface area contributed by atoms with Gasteiger partial charge in [-0.15, -0.1) is 0 Å². The number of aromatic nitrogens is 3. The number of anilines is 1. The average molecular weight is 377 g/mol. The molecule has 6 heteroatoms. The first-order valence-corrected chi connectivity index (χ1v) is 9.48. The molecule has 2 aromatic heterocycles. The van der Waals surface area contributed by atoms with Gasteiger partial charge >= 0.3 is 0 Å². The summed E-state index contributed by atoms with van der Waals surface area (Å²) in [4.78, 5) is 16.9. The van der Waals surface area contributed by atoms with Crippen molar-refractivity contribution in [3.63, 3.8) is 0 Å². The molecule has 0 unspecified atom stereocenters. The molecular weight excluding hydrogens is 350 g/mol. The number of nitrogens with zero attached hydrogens (tertiary/aromatic N) is 3. The number of benzene rings is 1. The van der Waals surface area contributed by atoms with Gasteiger partial charge in [-0.3, -0.25) is 14.5 Å². The van der Waals surface area contributed by atoms with Crippen LogP contribution >= 0.6 is 0 Å². The van der Waals surface area contributed by atoms with Crippen LogP contribution in [0.2, 0.25) is 0 Å². The summed E-state index contributed by atoms with van der Waals surface area (Å²) in [5, 5.41) is 10.9. The van der Waals surface area contributed by atoms with Crippen molar-refractivity contribution in [3.05, 3.63) is 76.9 Å². The van der Waals surface area contributed by atoms with Crippen LogP contribution in [0.25, 0.3) is 0 Å². The van der Waals surface area contributed by atoms with E-state index in [-0.39, 0.29) is 11.9 Å². The van der Waals surface area contributed by atoms with E-state index >= 15 is 0 Å². The fraction of sp³-hybridized carbons (Fsp3) is 0.318. The summed E-state index contributed by atoms with van der Waals surface area (Å²) in [6.45, 7) is 9.26. The largest absolute Gasteiger partial charge is 0.381 e. The Morgan fingerprint density at radius 2 is 2.00 bits per heavy atom. The first-order valence-electron chi connectivity index (χ1n) is 9.48. The number of hydrogen-bond acceptors (Lipinski definition) is 4. The quantitative estimate of drug-likeness (QED) is 0.659. The van der Waals surface area contributed by atoms with E-state index < -0.39 is 0 Å². The topological polar surface area (TPSA) is 71.8 Å². The second kappa shape index (κ2) is 8.69. The molecule has 0 aliphatic carbocycles. The molecule has 3 rings (SSSR count). The predicted octanol–water partition coefficient (Wildman–Crippen LogP) is 3.63. The van der Waals surface area contributed by atoms with Crippen LogP contribution in [-0.4, -0.2) is 26.7 Å². The van der Waals surface area contributed by atoms with Gasteiger partial charge in [0.05, 0.1) is 12.2 Å². The highest BCUT2D eigenvalue weighted by molar-refractivity contribution is 5.97. The van der Waals surface area contributed by atoms with Crippen LogP contribution in [0.4, 0.5) is 5.69 Å². The van der Waals surface area contributed by atoms with Crippen molar-refractivity contribution in [1.29, 1.82) is 0 Å². The summed E-state index contributed by atoms with van der Waals surface area (Å²) in [5.41, 5.74) is 5.73.